The number of rotatable bonds is 1. The number of para-hydroxylation sites is 1. The van der Waals surface area contributed by atoms with E-state index < -0.39 is 5.82 Å². The third-order valence-corrected chi connectivity index (χ3v) is 3.14. The number of nitrogens with zero attached hydrogens (tertiary/aromatic N) is 1. The molecular weight excluding hydrogens is 241 g/mol. The maximum Gasteiger partial charge on any atom is 0.165 e. The van der Waals surface area contributed by atoms with Crippen molar-refractivity contribution in [3.8, 4) is 17.0 Å². The maximum absolute atomic E-state index is 13.4. The highest BCUT2D eigenvalue weighted by Gasteiger charge is 2.08. The van der Waals surface area contributed by atoms with Gasteiger partial charge in [0, 0.05) is 10.9 Å². The molecule has 0 amide bonds. The van der Waals surface area contributed by atoms with Gasteiger partial charge in [-0.1, -0.05) is 18.2 Å². The molecule has 1 aromatic heterocycles. The fraction of sp³-hybridized carbons (Fsp3) is 0.0625. The van der Waals surface area contributed by atoms with Gasteiger partial charge in [0.15, 0.2) is 11.6 Å². The lowest BCUT2D eigenvalue weighted by molar-refractivity contribution is 0.432. The van der Waals surface area contributed by atoms with E-state index >= 15 is 0 Å². The summed E-state index contributed by atoms with van der Waals surface area (Å²) >= 11 is 0. The van der Waals surface area contributed by atoms with Gasteiger partial charge < -0.3 is 5.11 Å². The van der Waals surface area contributed by atoms with Crippen molar-refractivity contribution in [1.29, 1.82) is 0 Å². The molecule has 0 aliphatic heterocycles. The van der Waals surface area contributed by atoms with Crippen molar-refractivity contribution in [2.24, 2.45) is 0 Å². The normalized spacial score (nSPS) is 10.8. The van der Waals surface area contributed by atoms with E-state index in [4.69, 9.17) is 0 Å². The quantitative estimate of drug-likeness (QED) is 0.709. The molecular formula is C16H12FNO. The molecule has 94 valence electrons. The molecule has 0 atom stereocenters. The lowest BCUT2D eigenvalue weighted by Gasteiger charge is -2.08. The van der Waals surface area contributed by atoms with E-state index in [1.54, 1.807) is 6.07 Å². The smallest absolute Gasteiger partial charge is 0.165 e. The topological polar surface area (TPSA) is 33.1 Å². The predicted octanol–water partition coefficient (Wildman–Crippen LogP) is 4.05. The number of phenolic OH excluding ortho intramolecular Hbond substituents is 1. The second kappa shape index (κ2) is 4.35. The van der Waals surface area contributed by atoms with Gasteiger partial charge in [-0.2, -0.15) is 0 Å². The highest BCUT2D eigenvalue weighted by molar-refractivity contribution is 5.83. The molecule has 0 aliphatic rings. The van der Waals surface area contributed by atoms with Crippen molar-refractivity contribution < 1.29 is 9.50 Å². The molecule has 2 aromatic carbocycles. The van der Waals surface area contributed by atoms with Gasteiger partial charge in [-0.3, -0.25) is 0 Å². The third-order valence-electron chi connectivity index (χ3n) is 3.14. The molecule has 0 saturated heterocycles. The lowest BCUT2D eigenvalue weighted by Crippen LogP contribution is -1.91. The first-order chi connectivity index (χ1) is 9.15. The molecule has 0 spiro atoms. The zero-order valence-corrected chi connectivity index (χ0v) is 10.4. The first-order valence-electron chi connectivity index (χ1n) is 6.00. The van der Waals surface area contributed by atoms with Gasteiger partial charge in [-0.15, -0.1) is 0 Å². The number of hydrogen-bond acceptors (Lipinski definition) is 2. The molecule has 3 aromatic rings. The fourth-order valence-electron chi connectivity index (χ4n) is 2.17. The molecule has 0 radical (unpaired) electrons. The van der Waals surface area contributed by atoms with Crippen LogP contribution in [0, 0.1) is 12.7 Å². The summed E-state index contributed by atoms with van der Waals surface area (Å²) in [4.78, 5) is 4.57. The summed E-state index contributed by atoms with van der Waals surface area (Å²) in [6, 6.07) is 14.2. The summed E-state index contributed by atoms with van der Waals surface area (Å²) in [7, 11) is 0. The minimum atomic E-state index is -0.633. The number of pyridine rings is 1. The second-order valence-electron chi connectivity index (χ2n) is 4.51. The number of aromatic nitrogens is 1. The van der Waals surface area contributed by atoms with Crippen LogP contribution in [-0.2, 0) is 0 Å². The van der Waals surface area contributed by atoms with Crippen LogP contribution in [0.15, 0.2) is 48.5 Å². The number of halogens is 1. The van der Waals surface area contributed by atoms with Gasteiger partial charge >= 0.3 is 0 Å². The summed E-state index contributed by atoms with van der Waals surface area (Å²) in [6.07, 6.45) is 0. The predicted molar refractivity (Wildman–Crippen MR) is 73.5 cm³/mol. The number of fused-ring (bicyclic) bond motifs is 1. The van der Waals surface area contributed by atoms with E-state index in [1.165, 1.54) is 12.1 Å². The number of aromatic hydroxyl groups is 1. The molecule has 3 rings (SSSR count). The van der Waals surface area contributed by atoms with E-state index in [9.17, 15) is 9.50 Å². The van der Waals surface area contributed by atoms with Gasteiger partial charge in [0.2, 0.25) is 0 Å². The van der Waals surface area contributed by atoms with E-state index in [-0.39, 0.29) is 5.75 Å². The van der Waals surface area contributed by atoms with Gasteiger partial charge in [0.25, 0.3) is 0 Å². The highest BCUT2D eigenvalue weighted by Crippen LogP contribution is 2.28. The Kier molecular flexibility index (Phi) is 2.67. The number of hydrogen-bond donors (Lipinski definition) is 1. The van der Waals surface area contributed by atoms with Gasteiger partial charge in [0.05, 0.1) is 11.2 Å². The van der Waals surface area contributed by atoms with Crippen LogP contribution in [0.4, 0.5) is 4.39 Å². The minimum Gasteiger partial charge on any atom is -0.505 e. The van der Waals surface area contributed by atoms with Gasteiger partial charge in [-0.25, -0.2) is 9.37 Å². The molecule has 2 nitrogen and oxygen atoms in total. The molecule has 0 unspecified atom stereocenters. The zero-order valence-electron chi connectivity index (χ0n) is 10.4. The Morgan fingerprint density at radius 3 is 2.63 bits per heavy atom. The van der Waals surface area contributed by atoms with Crippen molar-refractivity contribution in [3.63, 3.8) is 0 Å². The zero-order chi connectivity index (χ0) is 13.4. The van der Waals surface area contributed by atoms with Gasteiger partial charge in [-0.05, 0) is 42.8 Å². The highest BCUT2D eigenvalue weighted by atomic mass is 19.1. The average Bonchev–Trinajstić information content (AvgIpc) is 2.41. The first-order valence-corrected chi connectivity index (χ1v) is 6.00. The number of phenols is 1. The van der Waals surface area contributed by atoms with Crippen molar-refractivity contribution in [1.82, 2.24) is 4.98 Å². The maximum atomic E-state index is 13.4. The van der Waals surface area contributed by atoms with Crippen molar-refractivity contribution >= 4 is 10.9 Å². The van der Waals surface area contributed by atoms with Crippen molar-refractivity contribution in [2.45, 2.75) is 6.92 Å². The molecule has 0 bridgehead atoms. The first kappa shape index (κ1) is 11.7. The van der Waals surface area contributed by atoms with E-state index in [2.05, 4.69) is 4.98 Å². The summed E-state index contributed by atoms with van der Waals surface area (Å²) in [6.45, 7) is 1.94. The van der Waals surface area contributed by atoms with Crippen LogP contribution in [0.2, 0.25) is 0 Å². The standard InChI is InChI=1S/C16H12FNO/c1-10-8-11-4-2-3-5-14(11)18-16(10)12-6-7-15(19)13(17)9-12/h2-9,19H,1H3. The molecule has 3 heteroatoms. The summed E-state index contributed by atoms with van der Waals surface area (Å²) in [5.41, 5.74) is 3.25. The van der Waals surface area contributed by atoms with E-state index in [0.29, 0.717) is 5.56 Å². The Balaban J connectivity index is 2.23. The summed E-state index contributed by atoms with van der Waals surface area (Å²) in [5.74, 6) is -0.978. The second-order valence-corrected chi connectivity index (χ2v) is 4.51. The fourth-order valence-corrected chi connectivity index (χ4v) is 2.17. The van der Waals surface area contributed by atoms with Crippen molar-refractivity contribution in [2.75, 3.05) is 0 Å². The molecule has 0 fully saturated rings. The molecule has 0 saturated carbocycles. The monoisotopic (exact) mass is 253 g/mol. The molecule has 1 N–H and O–H groups in total. The Morgan fingerprint density at radius 1 is 1.05 bits per heavy atom. The van der Waals surface area contributed by atoms with Crippen LogP contribution in [0.25, 0.3) is 22.2 Å². The third kappa shape index (κ3) is 2.03. The Bertz CT molecular complexity index is 768. The van der Waals surface area contributed by atoms with Gasteiger partial charge in [0.1, 0.15) is 0 Å². The van der Waals surface area contributed by atoms with E-state index in [0.717, 1.165) is 22.2 Å². The Labute approximate surface area is 110 Å². The van der Waals surface area contributed by atoms with E-state index in [1.807, 2.05) is 37.3 Å². The summed E-state index contributed by atoms with van der Waals surface area (Å²) in [5, 5.41) is 10.3. The van der Waals surface area contributed by atoms with Crippen LogP contribution in [0.1, 0.15) is 5.56 Å². The minimum absolute atomic E-state index is 0.345. The van der Waals surface area contributed by atoms with Crippen molar-refractivity contribution in [3.05, 3.63) is 59.9 Å². The molecule has 1 heterocycles. The largest absolute Gasteiger partial charge is 0.505 e. The van der Waals surface area contributed by atoms with Crippen LogP contribution in [0.3, 0.4) is 0 Å². The van der Waals surface area contributed by atoms with Crippen LogP contribution < -0.4 is 0 Å². The average molecular weight is 253 g/mol. The van der Waals surface area contributed by atoms with Crippen LogP contribution in [0.5, 0.6) is 5.75 Å². The lowest BCUT2D eigenvalue weighted by atomic mass is 10.0. The molecule has 19 heavy (non-hydrogen) atoms. The SMILES string of the molecule is Cc1cc2ccccc2nc1-c1ccc(O)c(F)c1. The Hall–Kier alpha value is -2.42. The Morgan fingerprint density at radius 2 is 1.84 bits per heavy atom. The summed E-state index contributed by atoms with van der Waals surface area (Å²) < 4.78 is 13.4. The number of aryl methyl sites for hydroxylation is 1. The van der Waals surface area contributed by atoms with Crippen LogP contribution >= 0.6 is 0 Å². The van der Waals surface area contributed by atoms with Crippen LogP contribution in [-0.4, -0.2) is 10.1 Å². The molecule has 0 aliphatic carbocycles. The number of benzene rings is 2.